The van der Waals surface area contributed by atoms with Gasteiger partial charge in [0.2, 0.25) is 11.8 Å². The zero-order valence-corrected chi connectivity index (χ0v) is 19.8. The third kappa shape index (κ3) is 4.46. The van der Waals surface area contributed by atoms with Crippen LogP contribution in [0.2, 0.25) is 5.02 Å². The van der Waals surface area contributed by atoms with Gasteiger partial charge in [-0.15, -0.1) is 0 Å². The molecule has 5 rings (SSSR count). The number of hydrogen-bond acceptors (Lipinski definition) is 6. The monoisotopic (exact) mass is 476 g/mol. The van der Waals surface area contributed by atoms with Crippen molar-refractivity contribution in [2.24, 2.45) is 5.73 Å². The van der Waals surface area contributed by atoms with Crippen LogP contribution >= 0.6 is 11.6 Å². The number of imidazole rings is 1. The molecular formula is C25H25ClN6O2. The minimum atomic E-state index is -0.410. The fourth-order valence-electron chi connectivity index (χ4n) is 3.97. The third-order valence-corrected chi connectivity index (χ3v) is 6.45. The molecule has 0 unspecified atom stereocenters. The minimum Gasteiger partial charge on any atom is -0.470 e. The summed E-state index contributed by atoms with van der Waals surface area (Å²) in [5.74, 6) is 0.721. The molecule has 0 spiro atoms. The van der Waals surface area contributed by atoms with Crippen molar-refractivity contribution in [2.45, 2.75) is 51.7 Å². The zero-order chi connectivity index (χ0) is 23.9. The molecule has 8 nitrogen and oxygen atoms in total. The maximum Gasteiger partial charge on any atom is 0.245 e. The van der Waals surface area contributed by atoms with Crippen molar-refractivity contribution in [1.82, 2.24) is 24.5 Å². The maximum absolute atomic E-state index is 11.3. The number of halogens is 1. The molecule has 1 aliphatic carbocycles. The molecule has 34 heavy (non-hydrogen) atoms. The van der Waals surface area contributed by atoms with Gasteiger partial charge in [-0.1, -0.05) is 23.7 Å². The lowest BCUT2D eigenvalue weighted by atomic mass is 10.1. The second kappa shape index (κ2) is 8.68. The number of nitrogens with zero attached hydrogens (tertiary/aromatic N) is 5. The quantitative estimate of drug-likeness (QED) is 0.411. The largest absolute Gasteiger partial charge is 0.470 e. The van der Waals surface area contributed by atoms with E-state index in [1.807, 2.05) is 35.8 Å². The van der Waals surface area contributed by atoms with E-state index < -0.39 is 5.91 Å². The van der Waals surface area contributed by atoms with Crippen LogP contribution in [0.3, 0.4) is 0 Å². The Hall–Kier alpha value is -3.52. The topological polar surface area (TPSA) is 109 Å². The fourth-order valence-corrected chi connectivity index (χ4v) is 4.26. The number of primary amides is 1. The van der Waals surface area contributed by atoms with E-state index in [0.717, 1.165) is 35.2 Å². The first-order valence-electron chi connectivity index (χ1n) is 11.2. The highest BCUT2D eigenvalue weighted by atomic mass is 35.5. The molecule has 1 aliphatic rings. The normalized spacial score (nSPS) is 14.3. The van der Waals surface area contributed by atoms with Crippen LogP contribution in [0.5, 0.6) is 5.88 Å². The summed E-state index contributed by atoms with van der Waals surface area (Å²) in [7, 11) is 0. The average molecular weight is 477 g/mol. The van der Waals surface area contributed by atoms with Crippen LogP contribution in [0.15, 0.2) is 42.9 Å². The number of aromatic nitrogens is 5. The molecule has 0 bridgehead atoms. The van der Waals surface area contributed by atoms with Crippen molar-refractivity contribution in [2.75, 3.05) is 0 Å². The molecule has 0 radical (unpaired) electrons. The van der Waals surface area contributed by atoms with E-state index in [2.05, 4.69) is 21.9 Å². The van der Waals surface area contributed by atoms with Crippen molar-refractivity contribution < 1.29 is 9.53 Å². The number of ether oxygens (including phenoxy) is 1. The first kappa shape index (κ1) is 22.3. The fraction of sp³-hybridized carbons (Fsp3) is 0.320. The summed E-state index contributed by atoms with van der Waals surface area (Å²) >= 11 is 6.66. The number of fused-ring (bicyclic) bond motifs is 1. The Labute approximate surface area is 202 Å². The van der Waals surface area contributed by atoms with E-state index in [4.69, 9.17) is 27.1 Å². The number of carbonyl (C=O) groups is 1. The van der Waals surface area contributed by atoms with Crippen molar-refractivity contribution in [3.8, 4) is 17.3 Å². The number of pyridine rings is 1. The predicted molar refractivity (Wildman–Crippen MR) is 130 cm³/mol. The lowest BCUT2D eigenvalue weighted by Gasteiger charge is -2.12. The Bertz CT molecular complexity index is 1400. The van der Waals surface area contributed by atoms with Gasteiger partial charge in [-0.2, -0.15) is 4.98 Å². The molecule has 1 amide bonds. The van der Waals surface area contributed by atoms with Crippen molar-refractivity contribution in [3.05, 3.63) is 64.7 Å². The van der Waals surface area contributed by atoms with Crippen LogP contribution in [0.1, 0.15) is 36.6 Å². The summed E-state index contributed by atoms with van der Waals surface area (Å²) in [6.07, 6.45) is 6.09. The molecule has 1 fully saturated rings. The second-order valence-corrected chi connectivity index (χ2v) is 9.37. The summed E-state index contributed by atoms with van der Waals surface area (Å²) < 4.78 is 8.21. The van der Waals surface area contributed by atoms with Crippen molar-refractivity contribution in [1.29, 1.82) is 0 Å². The minimum absolute atomic E-state index is 0.122. The van der Waals surface area contributed by atoms with Crippen LogP contribution in [-0.2, 0) is 24.2 Å². The zero-order valence-electron chi connectivity index (χ0n) is 19.1. The Morgan fingerprint density at radius 2 is 2.06 bits per heavy atom. The van der Waals surface area contributed by atoms with Gasteiger partial charge in [-0.25, -0.2) is 9.97 Å². The second-order valence-electron chi connectivity index (χ2n) is 8.96. The van der Waals surface area contributed by atoms with E-state index in [9.17, 15) is 4.79 Å². The van der Waals surface area contributed by atoms with Gasteiger partial charge in [-0.3, -0.25) is 9.78 Å². The lowest BCUT2D eigenvalue weighted by molar-refractivity contribution is -0.117. The van der Waals surface area contributed by atoms with Crippen LogP contribution in [0.4, 0.5) is 0 Å². The maximum atomic E-state index is 11.3. The molecule has 1 saturated carbocycles. The molecule has 0 aliphatic heterocycles. The Kier molecular flexibility index (Phi) is 5.69. The Morgan fingerprint density at radius 3 is 2.76 bits per heavy atom. The first-order valence-corrected chi connectivity index (χ1v) is 11.6. The molecule has 4 aromatic rings. The smallest absolute Gasteiger partial charge is 0.245 e. The van der Waals surface area contributed by atoms with Crippen LogP contribution in [0, 0.1) is 6.92 Å². The Morgan fingerprint density at radius 1 is 1.24 bits per heavy atom. The number of nitrogens with two attached hydrogens (primary N) is 1. The van der Waals surface area contributed by atoms with Gasteiger partial charge in [-0.05, 0) is 56.0 Å². The van der Waals surface area contributed by atoms with Crippen LogP contribution < -0.4 is 10.5 Å². The van der Waals surface area contributed by atoms with Gasteiger partial charge >= 0.3 is 0 Å². The average Bonchev–Trinajstić information content (AvgIpc) is 3.40. The third-order valence-electron chi connectivity index (χ3n) is 6.14. The highest BCUT2D eigenvalue weighted by Crippen LogP contribution is 2.41. The molecule has 9 heteroatoms. The highest BCUT2D eigenvalue weighted by molar-refractivity contribution is 6.33. The summed E-state index contributed by atoms with van der Waals surface area (Å²) in [4.78, 5) is 29.7. The molecule has 2 N–H and O–H groups in total. The molecule has 1 aromatic carbocycles. The van der Waals surface area contributed by atoms with Gasteiger partial charge in [0.05, 0.1) is 11.4 Å². The number of carbonyl (C=O) groups excluding carboxylic acids is 1. The molecule has 3 aromatic heterocycles. The molecular weight excluding hydrogens is 452 g/mol. The SMILES string of the molecule is Cc1cccnc1CCn1c(-c2ccc(CC(N)=O)cc2Cl)nc2c(OC3(C)CC3)ncnc21. The van der Waals surface area contributed by atoms with E-state index >= 15 is 0 Å². The number of aryl methyl sites for hydroxylation is 3. The van der Waals surface area contributed by atoms with Gasteiger partial charge in [0.25, 0.3) is 0 Å². The van der Waals surface area contributed by atoms with Crippen LogP contribution in [0.25, 0.3) is 22.6 Å². The van der Waals surface area contributed by atoms with Gasteiger partial charge in [0, 0.05) is 30.4 Å². The summed E-state index contributed by atoms with van der Waals surface area (Å²) in [6.45, 7) is 4.71. The predicted octanol–water partition coefficient (Wildman–Crippen LogP) is 4.05. The summed E-state index contributed by atoms with van der Waals surface area (Å²) in [5, 5.41) is 0.480. The van der Waals surface area contributed by atoms with E-state index in [0.29, 0.717) is 40.9 Å². The molecule has 0 atom stereocenters. The summed E-state index contributed by atoms with van der Waals surface area (Å²) in [5.41, 5.74) is 10.0. The number of amides is 1. The lowest BCUT2D eigenvalue weighted by Crippen LogP contribution is -2.13. The summed E-state index contributed by atoms with van der Waals surface area (Å²) in [6, 6.07) is 9.43. The van der Waals surface area contributed by atoms with E-state index in [-0.39, 0.29) is 12.0 Å². The van der Waals surface area contributed by atoms with Gasteiger partial charge in [0.1, 0.15) is 17.8 Å². The van der Waals surface area contributed by atoms with E-state index in [1.165, 1.54) is 6.33 Å². The number of hydrogen-bond donors (Lipinski definition) is 1. The van der Waals surface area contributed by atoms with Gasteiger partial charge < -0.3 is 15.0 Å². The standard InChI is InChI=1S/C25H25ClN6O2/c1-15-4-3-10-28-19(15)7-11-32-22(17-6-5-16(12-18(17)26)13-20(27)33)31-21-23(32)29-14-30-24(21)34-25(2)8-9-25/h3-6,10,12,14H,7-9,11,13H2,1-2H3,(H2,27,33). The van der Waals surface area contributed by atoms with E-state index in [1.54, 1.807) is 12.3 Å². The molecule has 174 valence electrons. The number of benzene rings is 1. The molecule has 0 saturated heterocycles. The highest BCUT2D eigenvalue weighted by Gasteiger charge is 2.41. The van der Waals surface area contributed by atoms with Crippen molar-refractivity contribution >= 4 is 28.7 Å². The van der Waals surface area contributed by atoms with Crippen LogP contribution in [-0.4, -0.2) is 36.0 Å². The van der Waals surface area contributed by atoms with Crippen molar-refractivity contribution in [3.63, 3.8) is 0 Å². The van der Waals surface area contributed by atoms with Gasteiger partial charge in [0.15, 0.2) is 11.2 Å². The first-order chi connectivity index (χ1) is 16.3. The number of rotatable bonds is 8. The Balaban J connectivity index is 1.60. The molecule has 3 heterocycles.